The van der Waals surface area contributed by atoms with Crippen LogP contribution in [0.3, 0.4) is 0 Å². The molecule has 1 atom stereocenters. The Morgan fingerprint density at radius 3 is 2.56 bits per heavy atom. The Morgan fingerprint density at radius 2 is 1.91 bits per heavy atom. The minimum absolute atomic E-state index is 0.0565. The Morgan fingerprint density at radius 1 is 1.09 bits per heavy atom. The molecule has 0 aliphatic heterocycles. The number of aromatic nitrogens is 2. The highest BCUT2D eigenvalue weighted by Crippen LogP contribution is 2.33. The quantitative estimate of drug-likeness (QED) is 0.528. The molecule has 0 saturated heterocycles. The molecule has 3 rings (SSSR count). The van der Waals surface area contributed by atoms with Crippen molar-refractivity contribution in [3.63, 3.8) is 0 Å². The van der Waals surface area contributed by atoms with Crippen molar-refractivity contribution in [2.75, 3.05) is 14.2 Å². The van der Waals surface area contributed by atoms with Crippen molar-refractivity contribution in [1.29, 1.82) is 0 Å². The van der Waals surface area contributed by atoms with Crippen molar-refractivity contribution in [3.05, 3.63) is 60.0 Å². The summed E-state index contributed by atoms with van der Waals surface area (Å²) in [4.78, 5) is 29.6. The van der Waals surface area contributed by atoms with E-state index in [1.54, 1.807) is 37.6 Å². The van der Waals surface area contributed by atoms with Crippen molar-refractivity contribution in [1.82, 2.24) is 20.8 Å². The third-order valence-electron chi connectivity index (χ3n) is 4.82. The molecule has 0 spiro atoms. The standard InChI is InChI=1S/C23H26N4O5/c1-14(2)21(23(29)25-13-15-7-5-6-10-24-15)26-22(28)18-12-20(32-27-18)17-9-8-16(30-3)11-19(17)31-4/h5-12,14,21H,13H2,1-4H3,(H,25,29)(H,26,28)/t21-/m0/s1. The molecule has 9 nitrogen and oxygen atoms in total. The topological polar surface area (TPSA) is 116 Å². The third-order valence-corrected chi connectivity index (χ3v) is 4.82. The predicted octanol–water partition coefficient (Wildman–Crippen LogP) is 2.82. The van der Waals surface area contributed by atoms with Gasteiger partial charge in [0.1, 0.15) is 17.5 Å². The number of nitrogens with zero attached hydrogens (tertiary/aromatic N) is 2. The number of carbonyl (C=O) groups excluding carboxylic acids is 2. The zero-order chi connectivity index (χ0) is 23.1. The molecule has 9 heteroatoms. The lowest BCUT2D eigenvalue weighted by molar-refractivity contribution is -0.124. The summed E-state index contributed by atoms with van der Waals surface area (Å²) in [6.07, 6.45) is 1.66. The molecule has 2 N–H and O–H groups in total. The number of hydrogen-bond acceptors (Lipinski definition) is 7. The van der Waals surface area contributed by atoms with Gasteiger partial charge in [-0.2, -0.15) is 0 Å². The van der Waals surface area contributed by atoms with Gasteiger partial charge in [0, 0.05) is 18.3 Å². The SMILES string of the molecule is COc1ccc(-c2cc(C(=O)N[C@H](C(=O)NCc3ccccn3)C(C)C)no2)c(OC)c1. The van der Waals surface area contributed by atoms with Gasteiger partial charge in [0.15, 0.2) is 11.5 Å². The lowest BCUT2D eigenvalue weighted by Crippen LogP contribution is -2.49. The van der Waals surface area contributed by atoms with Crippen LogP contribution in [0.25, 0.3) is 11.3 Å². The monoisotopic (exact) mass is 438 g/mol. The van der Waals surface area contributed by atoms with E-state index in [0.29, 0.717) is 22.8 Å². The van der Waals surface area contributed by atoms with E-state index < -0.39 is 11.9 Å². The Balaban J connectivity index is 1.70. The van der Waals surface area contributed by atoms with Crippen LogP contribution in [0.2, 0.25) is 0 Å². The number of hydrogen-bond donors (Lipinski definition) is 2. The average Bonchev–Trinajstić information content (AvgIpc) is 3.31. The first-order valence-corrected chi connectivity index (χ1v) is 10.1. The number of benzene rings is 1. The van der Waals surface area contributed by atoms with Crippen LogP contribution in [0.15, 0.2) is 53.2 Å². The van der Waals surface area contributed by atoms with Gasteiger partial charge in [-0.3, -0.25) is 14.6 Å². The Bertz CT molecular complexity index is 1070. The molecule has 0 aliphatic rings. The summed E-state index contributed by atoms with van der Waals surface area (Å²) < 4.78 is 15.9. The summed E-state index contributed by atoms with van der Waals surface area (Å²) >= 11 is 0. The second-order valence-electron chi connectivity index (χ2n) is 7.38. The first-order valence-electron chi connectivity index (χ1n) is 10.1. The summed E-state index contributed by atoms with van der Waals surface area (Å²) in [5.41, 5.74) is 1.40. The first-order chi connectivity index (χ1) is 15.4. The zero-order valence-electron chi connectivity index (χ0n) is 18.4. The molecule has 0 unspecified atom stereocenters. The number of methoxy groups -OCH3 is 2. The first kappa shape index (κ1) is 22.8. The van der Waals surface area contributed by atoms with Gasteiger partial charge in [-0.15, -0.1) is 0 Å². The summed E-state index contributed by atoms with van der Waals surface area (Å²) in [7, 11) is 3.09. The van der Waals surface area contributed by atoms with E-state index >= 15 is 0 Å². The molecule has 2 aromatic heterocycles. The molecule has 0 bridgehead atoms. The minimum atomic E-state index is -0.748. The third kappa shape index (κ3) is 5.42. The Labute approximate surface area is 186 Å². The van der Waals surface area contributed by atoms with Gasteiger partial charge in [-0.25, -0.2) is 0 Å². The number of amides is 2. The van der Waals surface area contributed by atoms with Crippen molar-refractivity contribution in [3.8, 4) is 22.8 Å². The van der Waals surface area contributed by atoms with Crippen LogP contribution in [0.5, 0.6) is 11.5 Å². The molecular formula is C23H26N4O5. The number of rotatable bonds is 9. The van der Waals surface area contributed by atoms with Gasteiger partial charge < -0.3 is 24.6 Å². The van der Waals surface area contributed by atoms with Crippen LogP contribution in [0, 0.1) is 5.92 Å². The van der Waals surface area contributed by atoms with Crippen LogP contribution >= 0.6 is 0 Å². The zero-order valence-corrected chi connectivity index (χ0v) is 18.4. The van der Waals surface area contributed by atoms with E-state index in [4.69, 9.17) is 14.0 Å². The number of ether oxygens (including phenoxy) is 2. The molecule has 0 fully saturated rings. The molecule has 1 aromatic carbocycles. The van der Waals surface area contributed by atoms with Gasteiger partial charge in [0.2, 0.25) is 5.91 Å². The van der Waals surface area contributed by atoms with Crippen LogP contribution < -0.4 is 20.1 Å². The normalized spacial score (nSPS) is 11.7. The van der Waals surface area contributed by atoms with Crippen molar-refractivity contribution in [2.45, 2.75) is 26.4 Å². The fourth-order valence-electron chi connectivity index (χ4n) is 3.05. The van der Waals surface area contributed by atoms with E-state index in [-0.39, 0.29) is 24.1 Å². The molecule has 168 valence electrons. The maximum atomic E-state index is 12.8. The maximum absolute atomic E-state index is 12.8. The summed E-state index contributed by atoms with van der Waals surface area (Å²) in [6.45, 7) is 3.97. The lowest BCUT2D eigenvalue weighted by atomic mass is 10.0. The molecule has 2 amide bonds. The number of nitrogens with one attached hydrogen (secondary N) is 2. The highest BCUT2D eigenvalue weighted by molar-refractivity contribution is 5.96. The molecule has 32 heavy (non-hydrogen) atoms. The minimum Gasteiger partial charge on any atom is -0.497 e. The van der Waals surface area contributed by atoms with E-state index in [1.165, 1.54) is 13.2 Å². The van der Waals surface area contributed by atoms with Crippen LogP contribution in [0.1, 0.15) is 30.0 Å². The van der Waals surface area contributed by atoms with Crippen molar-refractivity contribution >= 4 is 11.8 Å². The van der Waals surface area contributed by atoms with Gasteiger partial charge in [-0.1, -0.05) is 25.1 Å². The molecule has 3 aromatic rings. The van der Waals surface area contributed by atoms with Gasteiger partial charge in [0.05, 0.1) is 32.0 Å². The average molecular weight is 438 g/mol. The fraction of sp³-hybridized carbons (Fsp3) is 0.304. The molecule has 0 radical (unpaired) electrons. The molecular weight excluding hydrogens is 412 g/mol. The van der Waals surface area contributed by atoms with Crippen molar-refractivity contribution in [2.24, 2.45) is 5.92 Å². The van der Waals surface area contributed by atoms with Crippen molar-refractivity contribution < 1.29 is 23.6 Å². The Kier molecular flexibility index (Phi) is 7.43. The highest BCUT2D eigenvalue weighted by atomic mass is 16.5. The fourth-order valence-corrected chi connectivity index (χ4v) is 3.05. The summed E-state index contributed by atoms with van der Waals surface area (Å²) in [5, 5.41) is 9.40. The predicted molar refractivity (Wildman–Crippen MR) is 117 cm³/mol. The van der Waals surface area contributed by atoms with E-state index in [1.807, 2.05) is 26.0 Å². The molecule has 2 heterocycles. The summed E-state index contributed by atoms with van der Waals surface area (Å²) in [6, 6.07) is 11.4. The smallest absolute Gasteiger partial charge is 0.274 e. The lowest BCUT2D eigenvalue weighted by Gasteiger charge is -2.21. The number of pyridine rings is 1. The van der Waals surface area contributed by atoms with Crippen LogP contribution in [-0.4, -0.2) is 42.2 Å². The van der Waals surface area contributed by atoms with Crippen LogP contribution in [0.4, 0.5) is 0 Å². The Hall–Kier alpha value is -3.88. The largest absolute Gasteiger partial charge is 0.497 e. The van der Waals surface area contributed by atoms with Gasteiger partial charge >= 0.3 is 0 Å². The number of carbonyl (C=O) groups is 2. The van der Waals surface area contributed by atoms with Gasteiger partial charge in [0.25, 0.3) is 5.91 Å². The van der Waals surface area contributed by atoms with Gasteiger partial charge in [-0.05, 0) is 30.2 Å². The van der Waals surface area contributed by atoms with E-state index in [9.17, 15) is 9.59 Å². The molecule has 0 aliphatic carbocycles. The maximum Gasteiger partial charge on any atom is 0.274 e. The van der Waals surface area contributed by atoms with E-state index in [0.717, 1.165) is 5.69 Å². The van der Waals surface area contributed by atoms with E-state index in [2.05, 4.69) is 20.8 Å². The second-order valence-corrected chi connectivity index (χ2v) is 7.38. The second kappa shape index (κ2) is 10.4. The van der Waals surface area contributed by atoms with Crippen LogP contribution in [-0.2, 0) is 11.3 Å². The highest BCUT2D eigenvalue weighted by Gasteiger charge is 2.26. The molecule has 0 saturated carbocycles. The summed E-state index contributed by atoms with van der Waals surface area (Å²) in [5.74, 6) is 0.533.